The molecule has 1 aliphatic rings. The van der Waals surface area contributed by atoms with Gasteiger partial charge in [0.15, 0.2) is 0 Å². The predicted octanol–water partition coefficient (Wildman–Crippen LogP) is 1.86. The normalized spacial score (nSPS) is 29.2. The SMILES string of the molecule is CC(CCN)CCCN1CC(C)OCC1C. The van der Waals surface area contributed by atoms with E-state index in [-0.39, 0.29) is 0 Å². The van der Waals surface area contributed by atoms with Crippen molar-refractivity contribution in [2.75, 3.05) is 26.2 Å². The van der Waals surface area contributed by atoms with E-state index in [0.29, 0.717) is 12.1 Å². The molecule has 0 spiro atoms. The number of hydrogen-bond acceptors (Lipinski definition) is 3. The Balaban J connectivity index is 2.15. The summed E-state index contributed by atoms with van der Waals surface area (Å²) < 4.78 is 5.63. The summed E-state index contributed by atoms with van der Waals surface area (Å²) in [5, 5.41) is 0. The number of nitrogens with zero attached hydrogens (tertiary/aromatic N) is 1. The fourth-order valence-corrected chi connectivity index (χ4v) is 2.36. The topological polar surface area (TPSA) is 38.5 Å². The molecule has 0 saturated carbocycles. The first-order valence-electron chi connectivity index (χ1n) is 6.69. The van der Waals surface area contributed by atoms with Gasteiger partial charge in [-0.2, -0.15) is 0 Å². The molecule has 3 unspecified atom stereocenters. The quantitative estimate of drug-likeness (QED) is 0.754. The van der Waals surface area contributed by atoms with E-state index in [1.54, 1.807) is 0 Å². The highest BCUT2D eigenvalue weighted by Gasteiger charge is 2.22. The maximum absolute atomic E-state index is 5.63. The van der Waals surface area contributed by atoms with E-state index < -0.39 is 0 Å². The number of ether oxygens (including phenoxy) is 1. The first kappa shape index (κ1) is 13.9. The number of rotatable bonds is 6. The molecule has 0 aromatic carbocycles. The maximum Gasteiger partial charge on any atom is 0.0674 e. The third-order valence-corrected chi connectivity index (χ3v) is 3.54. The van der Waals surface area contributed by atoms with Gasteiger partial charge in [-0.15, -0.1) is 0 Å². The molecule has 0 aromatic heterocycles. The standard InChI is InChI=1S/C13H28N2O/c1-11(6-7-14)5-4-8-15-9-13(3)16-10-12(15)2/h11-13H,4-10,14H2,1-3H3. The van der Waals surface area contributed by atoms with Gasteiger partial charge in [0.05, 0.1) is 12.7 Å². The monoisotopic (exact) mass is 228 g/mol. The van der Waals surface area contributed by atoms with E-state index in [2.05, 4.69) is 25.7 Å². The van der Waals surface area contributed by atoms with Gasteiger partial charge in [-0.3, -0.25) is 4.90 Å². The molecule has 3 nitrogen and oxygen atoms in total. The smallest absolute Gasteiger partial charge is 0.0674 e. The van der Waals surface area contributed by atoms with Gasteiger partial charge in [0.2, 0.25) is 0 Å². The summed E-state index contributed by atoms with van der Waals surface area (Å²) in [6.45, 7) is 10.7. The first-order chi connectivity index (χ1) is 7.63. The molecule has 1 heterocycles. The zero-order chi connectivity index (χ0) is 12.0. The Hall–Kier alpha value is -0.120. The molecule has 1 fully saturated rings. The molecule has 1 aliphatic heterocycles. The third-order valence-electron chi connectivity index (χ3n) is 3.54. The van der Waals surface area contributed by atoms with E-state index in [4.69, 9.17) is 10.5 Å². The highest BCUT2D eigenvalue weighted by atomic mass is 16.5. The van der Waals surface area contributed by atoms with Crippen LogP contribution in [0.1, 0.15) is 40.0 Å². The zero-order valence-electron chi connectivity index (χ0n) is 11.1. The lowest BCUT2D eigenvalue weighted by Crippen LogP contribution is -2.47. The fourth-order valence-electron chi connectivity index (χ4n) is 2.36. The fraction of sp³-hybridized carbons (Fsp3) is 1.00. The van der Waals surface area contributed by atoms with Gasteiger partial charge in [-0.05, 0) is 52.1 Å². The second-order valence-corrected chi connectivity index (χ2v) is 5.31. The maximum atomic E-state index is 5.63. The summed E-state index contributed by atoms with van der Waals surface area (Å²) in [5.74, 6) is 0.777. The highest BCUT2D eigenvalue weighted by Crippen LogP contribution is 2.14. The van der Waals surface area contributed by atoms with Gasteiger partial charge < -0.3 is 10.5 Å². The summed E-state index contributed by atoms with van der Waals surface area (Å²) in [5.41, 5.74) is 5.56. The molecule has 0 amide bonds. The van der Waals surface area contributed by atoms with Gasteiger partial charge in [0, 0.05) is 12.6 Å². The Morgan fingerprint density at radius 1 is 1.38 bits per heavy atom. The number of nitrogens with two attached hydrogens (primary N) is 1. The van der Waals surface area contributed by atoms with E-state index >= 15 is 0 Å². The Morgan fingerprint density at radius 3 is 2.81 bits per heavy atom. The van der Waals surface area contributed by atoms with Crippen molar-refractivity contribution in [2.24, 2.45) is 11.7 Å². The first-order valence-corrected chi connectivity index (χ1v) is 6.69. The van der Waals surface area contributed by atoms with Crippen LogP contribution >= 0.6 is 0 Å². The second kappa shape index (κ2) is 7.25. The van der Waals surface area contributed by atoms with Crippen LogP contribution in [0.4, 0.5) is 0 Å². The van der Waals surface area contributed by atoms with Crippen molar-refractivity contribution in [1.29, 1.82) is 0 Å². The molecule has 0 bridgehead atoms. The van der Waals surface area contributed by atoms with Crippen LogP contribution in [0.2, 0.25) is 0 Å². The molecular formula is C13H28N2O. The van der Waals surface area contributed by atoms with Crippen molar-refractivity contribution in [3.63, 3.8) is 0 Å². The summed E-state index contributed by atoms with van der Waals surface area (Å²) in [7, 11) is 0. The van der Waals surface area contributed by atoms with Gasteiger partial charge in [0.25, 0.3) is 0 Å². The van der Waals surface area contributed by atoms with E-state index in [1.807, 2.05) is 0 Å². The van der Waals surface area contributed by atoms with Crippen molar-refractivity contribution in [3.8, 4) is 0 Å². The summed E-state index contributed by atoms with van der Waals surface area (Å²) in [4.78, 5) is 2.56. The lowest BCUT2D eigenvalue weighted by molar-refractivity contribution is -0.0498. The number of morpholine rings is 1. The Bertz CT molecular complexity index is 187. The lowest BCUT2D eigenvalue weighted by Gasteiger charge is -2.36. The minimum Gasteiger partial charge on any atom is -0.376 e. The van der Waals surface area contributed by atoms with Crippen molar-refractivity contribution >= 4 is 0 Å². The average molecular weight is 228 g/mol. The largest absolute Gasteiger partial charge is 0.376 e. The third kappa shape index (κ3) is 4.81. The van der Waals surface area contributed by atoms with Crippen LogP contribution < -0.4 is 5.73 Å². The Labute approximate surface area is 100 Å². The van der Waals surface area contributed by atoms with Crippen molar-refractivity contribution < 1.29 is 4.74 Å². The van der Waals surface area contributed by atoms with Crippen molar-refractivity contribution in [1.82, 2.24) is 4.90 Å². The molecule has 0 aliphatic carbocycles. The van der Waals surface area contributed by atoms with Crippen molar-refractivity contribution in [2.45, 2.75) is 52.2 Å². The predicted molar refractivity (Wildman–Crippen MR) is 68.5 cm³/mol. The highest BCUT2D eigenvalue weighted by molar-refractivity contribution is 4.75. The van der Waals surface area contributed by atoms with E-state index in [0.717, 1.165) is 32.0 Å². The molecular weight excluding hydrogens is 200 g/mol. The molecule has 3 heteroatoms. The minimum atomic E-state index is 0.401. The molecule has 96 valence electrons. The lowest BCUT2D eigenvalue weighted by atomic mass is 10.0. The molecule has 2 N–H and O–H groups in total. The zero-order valence-corrected chi connectivity index (χ0v) is 11.1. The van der Waals surface area contributed by atoms with Crippen LogP contribution in [0.3, 0.4) is 0 Å². The Kier molecular flexibility index (Phi) is 6.32. The minimum absolute atomic E-state index is 0.401. The summed E-state index contributed by atoms with van der Waals surface area (Å²) >= 11 is 0. The average Bonchev–Trinajstić information content (AvgIpc) is 2.23. The molecule has 0 aromatic rings. The number of hydrogen-bond donors (Lipinski definition) is 1. The van der Waals surface area contributed by atoms with Crippen LogP contribution in [0.5, 0.6) is 0 Å². The Morgan fingerprint density at radius 2 is 2.12 bits per heavy atom. The summed E-state index contributed by atoms with van der Waals surface area (Å²) in [6.07, 6.45) is 4.15. The molecule has 3 atom stereocenters. The van der Waals surface area contributed by atoms with Crippen molar-refractivity contribution in [3.05, 3.63) is 0 Å². The van der Waals surface area contributed by atoms with Gasteiger partial charge >= 0.3 is 0 Å². The molecule has 0 radical (unpaired) electrons. The van der Waals surface area contributed by atoms with Gasteiger partial charge in [0.1, 0.15) is 0 Å². The molecule has 16 heavy (non-hydrogen) atoms. The second-order valence-electron chi connectivity index (χ2n) is 5.31. The van der Waals surface area contributed by atoms with Gasteiger partial charge in [-0.1, -0.05) is 6.92 Å². The van der Waals surface area contributed by atoms with Crippen LogP contribution in [0.15, 0.2) is 0 Å². The molecule has 1 rings (SSSR count). The van der Waals surface area contributed by atoms with Crippen LogP contribution in [-0.4, -0.2) is 43.3 Å². The van der Waals surface area contributed by atoms with Crippen LogP contribution in [0, 0.1) is 5.92 Å². The van der Waals surface area contributed by atoms with Gasteiger partial charge in [-0.25, -0.2) is 0 Å². The van der Waals surface area contributed by atoms with E-state index in [1.165, 1.54) is 19.4 Å². The molecule has 1 saturated heterocycles. The van der Waals surface area contributed by atoms with E-state index in [9.17, 15) is 0 Å². The summed E-state index contributed by atoms with van der Waals surface area (Å²) in [6, 6.07) is 0.584. The van der Waals surface area contributed by atoms with Crippen LogP contribution in [0.25, 0.3) is 0 Å². The van der Waals surface area contributed by atoms with Crippen LogP contribution in [-0.2, 0) is 4.74 Å².